The van der Waals surface area contributed by atoms with Gasteiger partial charge < -0.3 is 13.6 Å². The summed E-state index contributed by atoms with van der Waals surface area (Å²) in [6, 6.07) is 45.8. The Labute approximate surface area is 245 Å². The molecule has 0 unspecified atom stereocenters. The van der Waals surface area contributed by atoms with E-state index in [9.17, 15) is 10.5 Å². The number of aromatic nitrogens is 2. The molecule has 6 aromatic carbocycles. The Morgan fingerprint density at radius 1 is 0.465 bits per heavy atom. The molecule has 0 N–H and O–H groups in total. The van der Waals surface area contributed by atoms with Gasteiger partial charge in [-0.25, -0.2) is 0 Å². The maximum Gasteiger partial charge on any atom is 0.153 e. The van der Waals surface area contributed by atoms with Crippen LogP contribution in [0.25, 0.3) is 76.9 Å². The van der Waals surface area contributed by atoms with Gasteiger partial charge in [-0.1, -0.05) is 54.6 Å². The predicted molar refractivity (Wildman–Crippen MR) is 172 cm³/mol. The second-order valence-corrected chi connectivity index (χ2v) is 10.8. The van der Waals surface area contributed by atoms with Crippen LogP contribution in [0.5, 0.6) is 0 Å². The first kappa shape index (κ1) is 23.4. The van der Waals surface area contributed by atoms with E-state index in [2.05, 4.69) is 100 Å². The van der Waals surface area contributed by atoms with Crippen molar-refractivity contribution in [3.8, 4) is 23.5 Å². The molecule has 5 nitrogen and oxygen atoms in total. The number of para-hydroxylation sites is 3. The summed E-state index contributed by atoms with van der Waals surface area (Å²) in [5.41, 5.74) is 8.88. The molecule has 0 saturated heterocycles. The average molecular weight is 549 g/mol. The molecule has 0 amide bonds. The molecule has 0 fully saturated rings. The monoisotopic (exact) mass is 548 g/mol. The van der Waals surface area contributed by atoms with Crippen molar-refractivity contribution >= 4 is 65.6 Å². The molecule has 0 atom stereocenters. The molecule has 3 aromatic heterocycles. The van der Waals surface area contributed by atoms with Gasteiger partial charge in [-0.05, 0) is 60.7 Å². The third kappa shape index (κ3) is 3.19. The molecule has 9 rings (SSSR count). The summed E-state index contributed by atoms with van der Waals surface area (Å²) in [4.78, 5) is 0. The molecule has 9 aromatic rings. The van der Waals surface area contributed by atoms with Crippen LogP contribution < -0.4 is 0 Å². The molecule has 198 valence electrons. The number of nitrogens with zero attached hydrogens (tertiary/aromatic N) is 4. The largest absolute Gasteiger partial charge is 0.455 e. The minimum absolute atomic E-state index is 0.534. The van der Waals surface area contributed by atoms with Crippen LogP contribution in [-0.2, 0) is 0 Å². The number of rotatable bonds is 2. The Morgan fingerprint density at radius 3 is 1.81 bits per heavy atom. The second kappa shape index (κ2) is 8.60. The van der Waals surface area contributed by atoms with E-state index in [-0.39, 0.29) is 0 Å². The molecular weight excluding hydrogens is 528 g/mol. The summed E-state index contributed by atoms with van der Waals surface area (Å²) < 4.78 is 10.9. The molecular formula is C38H20N4O. The first-order valence-corrected chi connectivity index (χ1v) is 14.1. The van der Waals surface area contributed by atoms with Crippen LogP contribution in [-0.4, -0.2) is 9.13 Å². The fourth-order valence-corrected chi connectivity index (χ4v) is 6.72. The standard InChI is InChI=1S/C38H20N4O/c39-21-23-15-16-35-30(17-23)27-10-1-3-13-33(27)41(35)25-8-6-9-26(18-25)42-34-14-4-2-11-28(34)31-19-32-29-12-5-7-24(22-40)38(29)43-37(32)20-36(31)42/h1-20H. The molecule has 0 radical (unpaired) electrons. The lowest BCUT2D eigenvalue weighted by atomic mass is 10.1. The van der Waals surface area contributed by atoms with Crippen LogP contribution in [0, 0.1) is 22.7 Å². The molecule has 3 heterocycles. The van der Waals surface area contributed by atoms with Crippen molar-refractivity contribution < 1.29 is 4.42 Å². The summed E-state index contributed by atoms with van der Waals surface area (Å²) in [5, 5.41) is 25.6. The lowest BCUT2D eigenvalue weighted by Crippen LogP contribution is -1.98. The van der Waals surface area contributed by atoms with Crippen molar-refractivity contribution in [1.29, 1.82) is 10.5 Å². The Hall–Kier alpha value is -6.30. The van der Waals surface area contributed by atoms with Gasteiger partial charge in [0.05, 0.1) is 39.3 Å². The maximum absolute atomic E-state index is 9.68. The molecule has 0 spiro atoms. The molecule has 0 saturated carbocycles. The van der Waals surface area contributed by atoms with E-state index in [0.717, 1.165) is 71.3 Å². The highest BCUT2D eigenvalue weighted by molar-refractivity contribution is 6.18. The number of hydrogen-bond donors (Lipinski definition) is 0. The molecule has 43 heavy (non-hydrogen) atoms. The van der Waals surface area contributed by atoms with Crippen molar-refractivity contribution in [2.24, 2.45) is 0 Å². The molecule has 0 aliphatic heterocycles. The van der Waals surface area contributed by atoms with E-state index in [1.807, 2.05) is 36.4 Å². The summed E-state index contributed by atoms with van der Waals surface area (Å²) in [7, 11) is 0. The first-order valence-electron chi connectivity index (χ1n) is 14.1. The van der Waals surface area contributed by atoms with Gasteiger partial charge in [0, 0.05) is 49.8 Å². The topological polar surface area (TPSA) is 70.6 Å². The quantitative estimate of drug-likeness (QED) is 0.216. The number of nitriles is 2. The van der Waals surface area contributed by atoms with Gasteiger partial charge >= 0.3 is 0 Å². The smallest absolute Gasteiger partial charge is 0.153 e. The van der Waals surface area contributed by atoms with Gasteiger partial charge in [-0.15, -0.1) is 0 Å². The Morgan fingerprint density at radius 2 is 1.09 bits per heavy atom. The van der Waals surface area contributed by atoms with E-state index in [1.165, 1.54) is 0 Å². The van der Waals surface area contributed by atoms with Gasteiger partial charge in [-0.2, -0.15) is 10.5 Å². The van der Waals surface area contributed by atoms with E-state index in [0.29, 0.717) is 16.7 Å². The summed E-state index contributed by atoms with van der Waals surface area (Å²) in [6.45, 7) is 0. The highest BCUT2D eigenvalue weighted by Crippen LogP contribution is 2.40. The van der Waals surface area contributed by atoms with E-state index in [1.54, 1.807) is 6.07 Å². The van der Waals surface area contributed by atoms with Crippen LogP contribution in [0.1, 0.15) is 11.1 Å². The third-order valence-electron chi connectivity index (χ3n) is 8.56. The van der Waals surface area contributed by atoms with Crippen molar-refractivity contribution in [3.05, 3.63) is 132 Å². The van der Waals surface area contributed by atoms with Crippen LogP contribution in [0.3, 0.4) is 0 Å². The van der Waals surface area contributed by atoms with Crippen molar-refractivity contribution in [2.75, 3.05) is 0 Å². The molecule has 0 bridgehead atoms. The highest BCUT2D eigenvalue weighted by atomic mass is 16.3. The lowest BCUT2D eigenvalue weighted by Gasteiger charge is -2.12. The number of fused-ring (bicyclic) bond motifs is 9. The average Bonchev–Trinajstić information content (AvgIpc) is 3.70. The van der Waals surface area contributed by atoms with Crippen LogP contribution >= 0.6 is 0 Å². The van der Waals surface area contributed by atoms with Gasteiger partial charge in [0.25, 0.3) is 0 Å². The lowest BCUT2D eigenvalue weighted by molar-refractivity contribution is 0.668. The van der Waals surface area contributed by atoms with Crippen molar-refractivity contribution in [3.63, 3.8) is 0 Å². The summed E-state index contributed by atoms with van der Waals surface area (Å²) >= 11 is 0. The Bertz CT molecular complexity index is 2710. The zero-order valence-corrected chi connectivity index (χ0v) is 22.7. The highest BCUT2D eigenvalue weighted by Gasteiger charge is 2.18. The zero-order chi connectivity index (χ0) is 28.7. The molecule has 5 heteroatoms. The van der Waals surface area contributed by atoms with Crippen LogP contribution in [0.2, 0.25) is 0 Å². The molecule has 0 aliphatic rings. The number of benzene rings is 6. The molecule has 0 aliphatic carbocycles. The SMILES string of the molecule is N#Cc1ccc2c(c1)c1ccccc1n2-c1cccc(-n2c3ccccc3c3cc4c(cc32)oc2c(C#N)cccc24)c1. The third-order valence-corrected chi connectivity index (χ3v) is 8.56. The van der Waals surface area contributed by atoms with E-state index in [4.69, 9.17) is 4.42 Å². The van der Waals surface area contributed by atoms with Crippen LogP contribution in [0.15, 0.2) is 126 Å². The Balaban J connectivity index is 1.34. The van der Waals surface area contributed by atoms with Gasteiger partial charge in [0.2, 0.25) is 0 Å². The van der Waals surface area contributed by atoms with Gasteiger partial charge in [0.15, 0.2) is 5.58 Å². The summed E-state index contributed by atoms with van der Waals surface area (Å²) in [5.74, 6) is 0. The fourth-order valence-electron chi connectivity index (χ4n) is 6.72. The minimum Gasteiger partial charge on any atom is -0.455 e. The summed E-state index contributed by atoms with van der Waals surface area (Å²) in [6.07, 6.45) is 0. The fraction of sp³-hybridized carbons (Fsp3) is 0. The van der Waals surface area contributed by atoms with Gasteiger partial charge in [-0.3, -0.25) is 0 Å². The van der Waals surface area contributed by atoms with Crippen LogP contribution in [0.4, 0.5) is 0 Å². The minimum atomic E-state index is 0.534. The number of hydrogen-bond acceptors (Lipinski definition) is 3. The zero-order valence-electron chi connectivity index (χ0n) is 22.7. The normalized spacial score (nSPS) is 11.7. The van der Waals surface area contributed by atoms with Crippen molar-refractivity contribution in [1.82, 2.24) is 9.13 Å². The maximum atomic E-state index is 9.68. The number of furan rings is 1. The first-order chi connectivity index (χ1) is 21.2. The Kier molecular flexibility index (Phi) is 4.68. The van der Waals surface area contributed by atoms with Crippen molar-refractivity contribution in [2.45, 2.75) is 0 Å². The van der Waals surface area contributed by atoms with E-state index >= 15 is 0 Å². The second-order valence-electron chi connectivity index (χ2n) is 10.8. The van der Waals surface area contributed by atoms with Gasteiger partial charge in [0.1, 0.15) is 11.7 Å². The predicted octanol–water partition coefficient (Wildman–Crippen LogP) is 9.52. The van der Waals surface area contributed by atoms with E-state index < -0.39 is 0 Å².